The quantitative estimate of drug-likeness (QED) is 0.856. The van der Waals surface area contributed by atoms with E-state index in [4.69, 9.17) is 8.94 Å². The van der Waals surface area contributed by atoms with Crippen LogP contribution in [0.4, 0.5) is 0 Å². The van der Waals surface area contributed by atoms with E-state index in [-0.39, 0.29) is 5.91 Å². The van der Waals surface area contributed by atoms with Crippen LogP contribution in [0.15, 0.2) is 27.3 Å². The summed E-state index contributed by atoms with van der Waals surface area (Å²) in [5.74, 6) is 1.88. The Labute approximate surface area is 140 Å². The first-order chi connectivity index (χ1) is 11.7. The molecule has 2 fully saturated rings. The molecule has 2 aromatic heterocycles. The molecule has 2 aromatic rings. The van der Waals surface area contributed by atoms with Crippen molar-refractivity contribution < 1.29 is 13.7 Å². The van der Waals surface area contributed by atoms with Crippen LogP contribution in [0, 0.1) is 0 Å². The summed E-state index contributed by atoms with van der Waals surface area (Å²) in [7, 11) is 0. The lowest BCUT2D eigenvalue weighted by Crippen LogP contribution is -2.47. The molecule has 0 N–H and O–H groups in total. The Morgan fingerprint density at radius 1 is 1.29 bits per heavy atom. The van der Waals surface area contributed by atoms with Crippen molar-refractivity contribution in [2.45, 2.75) is 51.2 Å². The molecule has 4 heterocycles. The normalized spacial score (nSPS) is 24.8. The summed E-state index contributed by atoms with van der Waals surface area (Å²) >= 11 is 0. The Morgan fingerprint density at radius 2 is 2.12 bits per heavy atom. The van der Waals surface area contributed by atoms with Gasteiger partial charge in [-0.25, -0.2) is 0 Å². The molecule has 0 saturated carbocycles. The highest BCUT2D eigenvalue weighted by atomic mass is 16.5. The maximum absolute atomic E-state index is 11.9. The summed E-state index contributed by atoms with van der Waals surface area (Å²) < 4.78 is 10.7. The lowest BCUT2D eigenvalue weighted by molar-refractivity contribution is -0.130. The van der Waals surface area contributed by atoms with E-state index in [1.807, 2.05) is 11.0 Å². The fraction of sp³-hybridized carbons (Fsp3) is 0.588. The molecule has 128 valence electrons. The average Bonchev–Trinajstić information content (AvgIpc) is 3.35. The minimum atomic E-state index is 0.183. The highest BCUT2D eigenvalue weighted by molar-refractivity contribution is 5.74. The molecule has 4 rings (SSSR count). The molecule has 2 aliphatic heterocycles. The maximum Gasteiger partial charge on any atom is 0.241 e. The predicted octanol–water partition coefficient (Wildman–Crippen LogP) is 2.30. The smallest absolute Gasteiger partial charge is 0.241 e. The second-order valence-corrected chi connectivity index (χ2v) is 6.59. The predicted molar refractivity (Wildman–Crippen MR) is 85.8 cm³/mol. The molecule has 1 amide bonds. The van der Waals surface area contributed by atoms with Gasteiger partial charge in [-0.2, -0.15) is 4.98 Å². The molecule has 7 nitrogen and oxygen atoms in total. The van der Waals surface area contributed by atoms with Gasteiger partial charge in [-0.15, -0.1) is 0 Å². The number of rotatable bonds is 4. The first-order valence-corrected chi connectivity index (χ1v) is 8.60. The molecule has 7 heteroatoms. The number of hydrogen-bond acceptors (Lipinski definition) is 6. The van der Waals surface area contributed by atoms with E-state index in [0.717, 1.165) is 38.8 Å². The van der Waals surface area contributed by atoms with Crippen molar-refractivity contribution >= 4 is 5.91 Å². The number of carbonyl (C=O) groups excluding carboxylic acids is 1. The van der Waals surface area contributed by atoms with Gasteiger partial charge in [0, 0.05) is 25.6 Å². The van der Waals surface area contributed by atoms with Gasteiger partial charge in [-0.1, -0.05) is 5.16 Å². The van der Waals surface area contributed by atoms with E-state index in [9.17, 15) is 4.79 Å². The second kappa shape index (κ2) is 6.39. The SMILES string of the molecule is CC(=O)N1CCC[C@H]1[C@H]1CCCN1Cc1nc(-c2ccco2)no1. The largest absolute Gasteiger partial charge is 0.461 e. The third-order valence-electron chi connectivity index (χ3n) is 5.11. The van der Waals surface area contributed by atoms with E-state index in [1.54, 1.807) is 19.3 Å². The van der Waals surface area contributed by atoms with Crippen molar-refractivity contribution in [3.8, 4) is 11.6 Å². The molecule has 0 unspecified atom stereocenters. The molecule has 0 aromatic carbocycles. The van der Waals surface area contributed by atoms with E-state index in [1.165, 1.54) is 0 Å². The van der Waals surface area contributed by atoms with Gasteiger partial charge in [0.25, 0.3) is 0 Å². The van der Waals surface area contributed by atoms with Crippen LogP contribution in [0.2, 0.25) is 0 Å². The van der Waals surface area contributed by atoms with E-state index < -0.39 is 0 Å². The van der Waals surface area contributed by atoms with Gasteiger partial charge in [0.1, 0.15) is 0 Å². The Bertz CT molecular complexity index is 697. The highest BCUT2D eigenvalue weighted by Gasteiger charge is 2.39. The molecule has 0 aliphatic carbocycles. The zero-order valence-corrected chi connectivity index (χ0v) is 13.9. The lowest BCUT2D eigenvalue weighted by atomic mass is 10.0. The number of nitrogens with zero attached hydrogens (tertiary/aromatic N) is 4. The van der Waals surface area contributed by atoms with Crippen LogP contribution in [0.1, 0.15) is 38.5 Å². The number of furan rings is 1. The van der Waals surface area contributed by atoms with Crippen molar-refractivity contribution in [3.63, 3.8) is 0 Å². The van der Waals surface area contributed by atoms with E-state index in [2.05, 4.69) is 15.0 Å². The molecule has 2 aliphatic rings. The molecule has 0 spiro atoms. The summed E-state index contributed by atoms with van der Waals surface area (Å²) in [4.78, 5) is 20.7. The van der Waals surface area contributed by atoms with Crippen LogP contribution in [0.25, 0.3) is 11.6 Å². The molecule has 2 saturated heterocycles. The fourth-order valence-corrected chi connectivity index (χ4v) is 4.07. The third kappa shape index (κ3) is 2.84. The molecule has 0 bridgehead atoms. The number of hydrogen-bond donors (Lipinski definition) is 0. The van der Waals surface area contributed by atoms with Crippen LogP contribution in [0.5, 0.6) is 0 Å². The topological polar surface area (TPSA) is 75.6 Å². The molecular weight excluding hydrogens is 308 g/mol. The Hall–Kier alpha value is -2.15. The van der Waals surface area contributed by atoms with Crippen LogP contribution in [-0.4, -0.2) is 51.0 Å². The van der Waals surface area contributed by atoms with Crippen LogP contribution in [0.3, 0.4) is 0 Å². The number of aromatic nitrogens is 2. The minimum Gasteiger partial charge on any atom is -0.461 e. The fourth-order valence-electron chi connectivity index (χ4n) is 4.07. The van der Waals surface area contributed by atoms with Gasteiger partial charge in [0.15, 0.2) is 5.76 Å². The minimum absolute atomic E-state index is 0.183. The standard InChI is InChI=1S/C17H22N4O3/c1-12(22)21-9-3-6-14(21)13-5-2-8-20(13)11-16-18-17(19-24-16)15-7-4-10-23-15/h4,7,10,13-14H,2-3,5-6,8-9,11H2,1H3/t13-,14+/m1/s1. The summed E-state index contributed by atoms with van der Waals surface area (Å²) in [6, 6.07) is 4.32. The Morgan fingerprint density at radius 3 is 2.92 bits per heavy atom. The van der Waals surface area contributed by atoms with Crippen molar-refractivity contribution in [2.75, 3.05) is 13.1 Å². The first-order valence-electron chi connectivity index (χ1n) is 8.60. The van der Waals surface area contributed by atoms with Crippen molar-refractivity contribution in [2.24, 2.45) is 0 Å². The van der Waals surface area contributed by atoms with Crippen molar-refractivity contribution in [1.82, 2.24) is 19.9 Å². The second-order valence-electron chi connectivity index (χ2n) is 6.59. The zero-order chi connectivity index (χ0) is 16.5. The van der Waals surface area contributed by atoms with Gasteiger partial charge < -0.3 is 13.8 Å². The Kier molecular flexibility index (Phi) is 4.10. The Balaban J connectivity index is 1.47. The van der Waals surface area contributed by atoms with Gasteiger partial charge in [-0.3, -0.25) is 9.69 Å². The van der Waals surface area contributed by atoms with Gasteiger partial charge in [0.2, 0.25) is 17.6 Å². The third-order valence-corrected chi connectivity index (χ3v) is 5.11. The van der Waals surface area contributed by atoms with Crippen molar-refractivity contribution in [1.29, 1.82) is 0 Å². The number of amides is 1. The van der Waals surface area contributed by atoms with Crippen LogP contribution >= 0.6 is 0 Å². The van der Waals surface area contributed by atoms with Crippen LogP contribution in [-0.2, 0) is 11.3 Å². The van der Waals surface area contributed by atoms with E-state index >= 15 is 0 Å². The van der Waals surface area contributed by atoms with Crippen LogP contribution < -0.4 is 0 Å². The lowest BCUT2D eigenvalue weighted by Gasteiger charge is -2.33. The molecule has 2 atom stereocenters. The highest BCUT2D eigenvalue weighted by Crippen LogP contribution is 2.31. The number of likely N-dealkylation sites (tertiary alicyclic amines) is 2. The summed E-state index contributed by atoms with van der Waals surface area (Å²) in [6.07, 6.45) is 6.04. The van der Waals surface area contributed by atoms with Gasteiger partial charge in [0.05, 0.1) is 12.8 Å². The zero-order valence-electron chi connectivity index (χ0n) is 13.9. The first kappa shape index (κ1) is 15.4. The van der Waals surface area contributed by atoms with Gasteiger partial charge >= 0.3 is 0 Å². The maximum atomic E-state index is 11.9. The summed E-state index contributed by atoms with van der Waals surface area (Å²) in [5, 5.41) is 4.00. The summed E-state index contributed by atoms with van der Waals surface area (Å²) in [5.41, 5.74) is 0. The monoisotopic (exact) mass is 330 g/mol. The molecule has 0 radical (unpaired) electrons. The summed E-state index contributed by atoms with van der Waals surface area (Å²) in [6.45, 7) is 4.19. The molecular formula is C17H22N4O3. The van der Waals surface area contributed by atoms with Crippen molar-refractivity contribution in [3.05, 3.63) is 24.3 Å². The number of carbonyl (C=O) groups is 1. The molecule has 24 heavy (non-hydrogen) atoms. The van der Waals surface area contributed by atoms with Gasteiger partial charge in [-0.05, 0) is 44.4 Å². The van der Waals surface area contributed by atoms with E-state index in [0.29, 0.717) is 36.1 Å². The average molecular weight is 330 g/mol.